The molecule has 39 heavy (non-hydrogen) atoms. The van der Waals surface area contributed by atoms with Crippen LogP contribution in [0.15, 0.2) is 30.5 Å². The highest BCUT2D eigenvalue weighted by molar-refractivity contribution is 6.01. The summed E-state index contributed by atoms with van der Waals surface area (Å²) in [6, 6.07) is 6.14. The van der Waals surface area contributed by atoms with Crippen molar-refractivity contribution in [3.8, 4) is 0 Å². The van der Waals surface area contributed by atoms with Crippen molar-refractivity contribution in [3.05, 3.63) is 47.3 Å². The summed E-state index contributed by atoms with van der Waals surface area (Å²) in [5.74, 6) is -0.775. The van der Waals surface area contributed by atoms with Crippen molar-refractivity contribution in [1.29, 1.82) is 0 Å². The van der Waals surface area contributed by atoms with E-state index >= 15 is 0 Å². The van der Waals surface area contributed by atoms with Crippen molar-refractivity contribution in [1.82, 2.24) is 30.6 Å². The molecule has 1 aromatic heterocycles. The van der Waals surface area contributed by atoms with E-state index in [2.05, 4.69) is 26.4 Å². The molecule has 0 radical (unpaired) electrons. The number of nitrogens with zero attached hydrogens (tertiary/aromatic N) is 3. The molecule has 5 amide bonds. The van der Waals surface area contributed by atoms with Gasteiger partial charge in [0.25, 0.3) is 5.91 Å². The third-order valence-electron chi connectivity index (χ3n) is 8.45. The first-order valence-electron chi connectivity index (χ1n) is 13.8. The van der Waals surface area contributed by atoms with Crippen LogP contribution in [0.3, 0.4) is 0 Å². The Bertz CT molecular complexity index is 1280. The second kappa shape index (κ2) is 10.7. The summed E-state index contributed by atoms with van der Waals surface area (Å²) in [6.07, 6.45) is 7.54. The third kappa shape index (κ3) is 4.86. The highest BCUT2D eigenvalue weighted by Gasteiger charge is 2.53. The fraction of sp³-hybridized carbons (Fsp3) is 0.536. The number of anilines is 1. The van der Waals surface area contributed by atoms with E-state index < -0.39 is 11.6 Å². The smallest absolute Gasteiger partial charge is 0.318 e. The SMILES string of the molecule is CNC(=O)C1(N2CC(C)NC2=O)CCc2cc(NC(=O)[C@@H](NC(=O)c3ccnn3C)C3CCCCC3)ccc21. The number of aromatic nitrogens is 2. The number of carbonyl (C=O) groups excluding carboxylic acids is 4. The Balaban J connectivity index is 1.39. The molecule has 2 aromatic rings. The van der Waals surface area contributed by atoms with E-state index in [9.17, 15) is 19.2 Å². The number of fused-ring (bicyclic) bond motifs is 1. The normalized spacial score (nSPS) is 23.6. The number of hydrogen-bond donors (Lipinski definition) is 4. The fourth-order valence-electron chi connectivity index (χ4n) is 6.49. The minimum absolute atomic E-state index is 0.0434. The molecule has 1 aliphatic heterocycles. The minimum atomic E-state index is -1.09. The number of aryl methyl sites for hydroxylation is 2. The van der Waals surface area contributed by atoms with Crippen LogP contribution in [0.4, 0.5) is 10.5 Å². The zero-order valence-corrected chi connectivity index (χ0v) is 22.8. The van der Waals surface area contributed by atoms with E-state index in [4.69, 9.17) is 0 Å². The number of carbonyl (C=O) groups is 4. The van der Waals surface area contributed by atoms with Gasteiger partial charge in [-0.15, -0.1) is 0 Å². The molecular weight excluding hydrogens is 498 g/mol. The quantitative estimate of drug-likeness (QED) is 0.430. The Morgan fingerprint density at radius 3 is 2.56 bits per heavy atom. The standard InChI is InChI=1S/C28H37N7O4/c1-17-16-35(27(39)31-17)28(26(38)29-2)13-11-19-15-20(9-10-21(19)28)32-25(37)23(18-7-5-4-6-8-18)33-24(36)22-12-14-30-34(22)3/h9-10,12,14-15,17-18,23H,4-8,11,13,16H2,1-3H3,(H,29,38)(H,31,39)(H,32,37)(H,33,36)/t17?,23-,28?/m0/s1. The van der Waals surface area contributed by atoms with E-state index in [0.717, 1.165) is 43.2 Å². The van der Waals surface area contributed by atoms with Crippen LogP contribution in [0.2, 0.25) is 0 Å². The van der Waals surface area contributed by atoms with Crippen LogP contribution in [0, 0.1) is 5.92 Å². The third-order valence-corrected chi connectivity index (χ3v) is 8.45. The van der Waals surface area contributed by atoms with Gasteiger partial charge < -0.3 is 26.2 Å². The van der Waals surface area contributed by atoms with Crippen LogP contribution in [-0.2, 0) is 28.6 Å². The lowest BCUT2D eigenvalue weighted by molar-refractivity contribution is -0.131. The largest absolute Gasteiger partial charge is 0.357 e. The maximum atomic E-state index is 13.6. The van der Waals surface area contributed by atoms with E-state index in [1.807, 2.05) is 19.1 Å². The Kier molecular flexibility index (Phi) is 7.33. The number of hydrogen-bond acceptors (Lipinski definition) is 5. The zero-order chi connectivity index (χ0) is 27.7. The lowest BCUT2D eigenvalue weighted by atomic mass is 9.83. The Morgan fingerprint density at radius 1 is 1.15 bits per heavy atom. The van der Waals surface area contributed by atoms with Gasteiger partial charge in [-0.05, 0) is 67.9 Å². The molecule has 2 aliphatic carbocycles. The van der Waals surface area contributed by atoms with Gasteiger partial charge >= 0.3 is 6.03 Å². The van der Waals surface area contributed by atoms with Gasteiger partial charge in [-0.2, -0.15) is 5.10 Å². The molecule has 1 saturated heterocycles. The number of rotatable bonds is 7. The average Bonchev–Trinajstić information content (AvgIpc) is 3.63. The zero-order valence-electron chi connectivity index (χ0n) is 22.8. The summed E-state index contributed by atoms with van der Waals surface area (Å²) in [6.45, 7) is 2.35. The molecule has 5 rings (SSSR count). The highest BCUT2D eigenvalue weighted by Crippen LogP contribution is 2.44. The van der Waals surface area contributed by atoms with Gasteiger partial charge in [-0.1, -0.05) is 25.3 Å². The Morgan fingerprint density at radius 2 is 1.92 bits per heavy atom. The molecule has 1 aromatic carbocycles. The predicted octanol–water partition coefficient (Wildman–Crippen LogP) is 2.04. The number of nitrogens with one attached hydrogen (secondary N) is 4. The van der Waals surface area contributed by atoms with E-state index in [-0.39, 0.29) is 35.7 Å². The van der Waals surface area contributed by atoms with Crippen molar-refractivity contribution < 1.29 is 19.2 Å². The number of benzene rings is 1. The first-order chi connectivity index (χ1) is 18.7. The van der Waals surface area contributed by atoms with Crippen molar-refractivity contribution in [2.45, 2.75) is 69.5 Å². The molecule has 3 atom stereocenters. The first kappa shape index (κ1) is 26.7. The van der Waals surface area contributed by atoms with E-state index in [0.29, 0.717) is 30.8 Å². The van der Waals surface area contributed by atoms with Gasteiger partial charge in [-0.25, -0.2) is 4.79 Å². The van der Waals surface area contributed by atoms with Crippen LogP contribution in [-0.4, -0.2) is 64.1 Å². The van der Waals surface area contributed by atoms with Crippen molar-refractivity contribution in [3.63, 3.8) is 0 Å². The van der Waals surface area contributed by atoms with Gasteiger partial charge in [-0.3, -0.25) is 19.1 Å². The molecule has 3 aliphatic rings. The maximum absolute atomic E-state index is 13.6. The summed E-state index contributed by atoms with van der Waals surface area (Å²) < 4.78 is 1.49. The van der Waals surface area contributed by atoms with Crippen molar-refractivity contribution in [2.75, 3.05) is 18.9 Å². The molecule has 0 spiro atoms. The molecular formula is C28H37N7O4. The van der Waals surface area contributed by atoms with Crippen LogP contribution in [0.1, 0.15) is 67.1 Å². The van der Waals surface area contributed by atoms with Crippen LogP contribution >= 0.6 is 0 Å². The lowest BCUT2D eigenvalue weighted by Crippen LogP contribution is -2.55. The summed E-state index contributed by atoms with van der Waals surface area (Å²) >= 11 is 0. The monoisotopic (exact) mass is 535 g/mol. The summed E-state index contributed by atoms with van der Waals surface area (Å²) in [7, 11) is 3.28. The highest BCUT2D eigenvalue weighted by atomic mass is 16.2. The molecule has 1 saturated carbocycles. The Labute approximate surface area is 228 Å². The molecule has 208 valence electrons. The maximum Gasteiger partial charge on any atom is 0.318 e. The van der Waals surface area contributed by atoms with E-state index in [1.54, 1.807) is 37.3 Å². The number of amides is 5. The minimum Gasteiger partial charge on any atom is -0.357 e. The van der Waals surface area contributed by atoms with Gasteiger partial charge in [0.15, 0.2) is 0 Å². The second-order valence-electron chi connectivity index (χ2n) is 11.0. The predicted molar refractivity (Wildman–Crippen MR) is 145 cm³/mol. The van der Waals surface area contributed by atoms with Crippen LogP contribution < -0.4 is 21.3 Å². The van der Waals surface area contributed by atoms with Crippen molar-refractivity contribution in [2.24, 2.45) is 13.0 Å². The van der Waals surface area contributed by atoms with Crippen LogP contribution in [0.25, 0.3) is 0 Å². The molecule has 11 nitrogen and oxygen atoms in total. The molecule has 2 unspecified atom stereocenters. The topological polar surface area (TPSA) is 137 Å². The Hall–Kier alpha value is -3.89. The van der Waals surface area contributed by atoms with Gasteiger partial charge in [0.2, 0.25) is 11.8 Å². The molecule has 0 bridgehead atoms. The molecule has 2 fully saturated rings. The summed E-state index contributed by atoms with van der Waals surface area (Å²) in [5, 5.41) is 15.7. The summed E-state index contributed by atoms with van der Waals surface area (Å²) in [4.78, 5) is 54.3. The average molecular weight is 536 g/mol. The van der Waals surface area contributed by atoms with Crippen LogP contribution in [0.5, 0.6) is 0 Å². The second-order valence-corrected chi connectivity index (χ2v) is 11.0. The first-order valence-corrected chi connectivity index (χ1v) is 13.8. The lowest BCUT2D eigenvalue weighted by Gasteiger charge is -2.37. The fourth-order valence-corrected chi connectivity index (χ4v) is 6.49. The molecule has 2 heterocycles. The van der Waals surface area contributed by atoms with Gasteiger partial charge in [0, 0.05) is 38.6 Å². The summed E-state index contributed by atoms with van der Waals surface area (Å²) in [5.41, 5.74) is 1.59. The van der Waals surface area contributed by atoms with E-state index in [1.165, 1.54) is 4.68 Å². The van der Waals surface area contributed by atoms with Crippen molar-refractivity contribution >= 4 is 29.4 Å². The molecule has 11 heteroatoms. The number of likely N-dealkylation sites (N-methyl/N-ethyl adjacent to an activating group) is 1. The number of urea groups is 1. The van der Waals surface area contributed by atoms with Gasteiger partial charge in [0.05, 0.1) is 0 Å². The molecule has 4 N–H and O–H groups in total. The van der Waals surface area contributed by atoms with Gasteiger partial charge in [0.1, 0.15) is 17.3 Å².